The number of nitrogens with one attached hydrogen (secondary N) is 1. The molecule has 1 aromatic heterocycles. The molecule has 0 aliphatic rings. The Bertz CT molecular complexity index is 549. The number of halogens is 2. The second-order valence-corrected chi connectivity index (χ2v) is 4.55. The van der Waals surface area contributed by atoms with Gasteiger partial charge in [-0.15, -0.1) is 0 Å². The summed E-state index contributed by atoms with van der Waals surface area (Å²) in [6.07, 6.45) is 2.33. The number of ether oxygens (including phenoxy) is 1. The van der Waals surface area contributed by atoms with E-state index in [0.29, 0.717) is 12.0 Å². The van der Waals surface area contributed by atoms with Crippen molar-refractivity contribution in [1.29, 1.82) is 0 Å². The van der Waals surface area contributed by atoms with Gasteiger partial charge in [-0.2, -0.15) is 8.78 Å². The number of likely N-dealkylation sites (N-methyl/N-ethyl adjacent to an activating group) is 1. The molecule has 1 heterocycles. The van der Waals surface area contributed by atoms with E-state index in [4.69, 9.17) is 0 Å². The second-order valence-electron chi connectivity index (χ2n) is 4.55. The third kappa shape index (κ3) is 4.49. The summed E-state index contributed by atoms with van der Waals surface area (Å²) in [5.41, 5.74) is 1.61. The minimum atomic E-state index is -2.83. The van der Waals surface area contributed by atoms with E-state index in [1.807, 2.05) is 31.2 Å². The Balaban J connectivity index is 2.25. The Hall–Kier alpha value is -2.01. The standard InChI is InChI=1S/C16H18F2N2O/c1-2-19-14(11-12-7-5-6-10-20-12)13-8-3-4-9-15(13)21-16(17)18/h3-10,14,16,19H,2,11H2,1H3. The second kappa shape index (κ2) is 7.69. The minimum Gasteiger partial charge on any atom is -0.434 e. The van der Waals surface area contributed by atoms with Crippen molar-refractivity contribution in [3.63, 3.8) is 0 Å². The Kier molecular flexibility index (Phi) is 5.63. The lowest BCUT2D eigenvalue weighted by molar-refractivity contribution is -0.0507. The molecule has 3 nitrogen and oxygen atoms in total. The highest BCUT2D eigenvalue weighted by Crippen LogP contribution is 2.28. The molecule has 21 heavy (non-hydrogen) atoms. The van der Waals surface area contributed by atoms with Gasteiger partial charge in [0.05, 0.1) is 0 Å². The summed E-state index contributed by atoms with van der Waals surface area (Å²) in [7, 11) is 0. The van der Waals surface area contributed by atoms with Crippen molar-refractivity contribution in [2.45, 2.75) is 26.0 Å². The van der Waals surface area contributed by atoms with Crippen LogP contribution >= 0.6 is 0 Å². The maximum Gasteiger partial charge on any atom is 0.387 e. The molecule has 2 aromatic rings. The van der Waals surface area contributed by atoms with Crippen LogP contribution in [-0.2, 0) is 6.42 Å². The maximum absolute atomic E-state index is 12.5. The van der Waals surface area contributed by atoms with Crippen molar-refractivity contribution in [2.24, 2.45) is 0 Å². The zero-order valence-corrected chi connectivity index (χ0v) is 11.8. The Morgan fingerprint density at radius 1 is 1.14 bits per heavy atom. The van der Waals surface area contributed by atoms with Gasteiger partial charge in [0.15, 0.2) is 0 Å². The zero-order chi connectivity index (χ0) is 15.1. The first kappa shape index (κ1) is 15.4. The Morgan fingerprint density at radius 2 is 1.90 bits per heavy atom. The minimum absolute atomic E-state index is 0.125. The van der Waals surface area contributed by atoms with E-state index in [0.717, 1.165) is 12.2 Å². The quantitative estimate of drug-likeness (QED) is 0.847. The monoisotopic (exact) mass is 292 g/mol. The molecule has 112 valence electrons. The maximum atomic E-state index is 12.5. The number of alkyl halides is 2. The molecule has 0 spiro atoms. The van der Waals surface area contributed by atoms with Crippen LogP contribution in [0.3, 0.4) is 0 Å². The van der Waals surface area contributed by atoms with Crippen molar-refractivity contribution in [3.8, 4) is 5.75 Å². The molecule has 5 heteroatoms. The first-order valence-corrected chi connectivity index (χ1v) is 6.87. The number of rotatable bonds is 7. The molecule has 1 atom stereocenters. The third-order valence-corrected chi connectivity index (χ3v) is 3.10. The van der Waals surface area contributed by atoms with Gasteiger partial charge in [0.2, 0.25) is 0 Å². The highest BCUT2D eigenvalue weighted by molar-refractivity contribution is 5.36. The van der Waals surface area contributed by atoms with Crippen LogP contribution < -0.4 is 10.1 Å². The van der Waals surface area contributed by atoms with Crippen LogP contribution in [0.15, 0.2) is 48.7 Å². The fourth-order valence-corrected chi connectivity index (χ4v) is 2.24. The predicted octanol–water partition coefficient (Wildman–Crippen LogP) is 3.58. The van der Waals surface area contributed by atoms with Crippen molar-refractivity contribution < 1.29 is 13.5 Å². The van der Waals surface area contributed by atoms with Crippen LogP contribution in [-0.4, -0.2) is 18.1 Å². The zero-order valence-electron chi connectivity index (χ0n) is 11.8. The highest BCUT2D eigenvalue weighted by atomic mass is 19.3. The molecule has 0 bridgehead atoms. The molecule has 1 aromatic carbocycles. The number of benzene rings is 1. The fraction of sp³-hybridized carbons (Fsp3) is 0.312. The third-order valence-electron chi connectivity index (χ3n) is 3.10. The van der Waals surface area contributed by atoms with Gasteiger partial charge in [-0.1, -0.05) is 31.2 Å². The van der Waals surface area contributed by atoms with Gasteiger partial charge in [-0.05, 0) is 24.7 Å². The summed E-state index contributed by atoms with van der Waals surface area (Å²) < 4.78 is 29.7. The van der Waals surface area contributed by atoms with E-state index in [1.54, 1.807) is 24.4 Å². The molecular weight excluding hydrogens is 274 g/mol. The molecule has 0 fully saturated rings. The number of hydrogen-bond donors (Lipinski definition) is 1. The van der Waals surface area contributed by atoms with E-state index in [-0.39, 0.29) is 11.8 Å². The summed E-state index contributed by atoms with van der Waals surface area (Å²) in [6.45, 7) is -0.133. The Labute approximate surface area is 123 Å². The van der Waals surface area contributed by atoms with Gasteiger partial charge in [0, 0.05) is 29.9 Å². The van der Waals surface area contributed by atoms with Gasteiger partial charge in [-0.25, -0.2) is 0 Å². The van der Waals surface area contributed by atoms with E-state index in [1.165, 1.54) is 0 Å². The lowest BCUT2D eigenvalue weighted by Gasteiger charge is -2.21. The number of pyridine rings is 1. The molecule has 0 radical (unpaired) electrons. The molecule has 0 aliphatic heterocycles. The normalized spacial score (nSPS) is 12.4. The molecular formula is C16H18F2N2O. The topological polar surface area (TPSA) is 34.2 Å². The van der Waals surface area contributed by atoms with Gasteiger partial charge < -0.3 is 10.1 Å². The lowest BCUT2D eigenvalue weighted by atomic mass is 10.0. The highest BCUT2D eigenvalue weighted by Gasteiger charge is 2.18. The molecule has 1 N–H and O–H groups in total. The van der Waals surface area contributed by atoms with Gasteiger partial charge in [0.1, 0.15) is 5.75 Å². The first-order chi connectivity index (χ1) is 10.2. The summed E-state index contributed by atoms with van der Waals surface area (Å²) in [4.78, 5) is 4.29. The van der Waals surface area contributed by atoms with Crippen LogP contribution in [0.25, 0.3) is 0 Å². The smallest absolute Gasteiger partial charge is 0.387 e. The summed E-state index contributed by atoms with van der Waals surface area (Å²) in [6, 6.07) is 12.4. The van der Waals surface area contributed by atoms with Crippen LogP contribution in [0, 0.1) is 0 Å². The van der Waals surface area contributed by atoms with Crippen molar-refractivity contribution in [3.05, 3.63) is 59.9 Å². The van der Waals surface area contributed by atoms with Crippen molar-refractivity contribution in [2.75, 3.05) is 6.54 Å². The SMILES string of the molecule is CCNC(Cc1ccccn1)c1ccccc1OC(F)F. The molecule has 0 amide bonds. The van der Waals surface area contributed by atoms with Crippen molar-refractivity contribution in [1.82, 2.24) is 10.3 Å². The number of aromatic nitrogens is 1. The summed E-state index contributed by atoms with van der Waals surface area (Å²) in [5, 5.41) is 3.30. The lowest BCUT2D eigenvalue weighted by Crippen LogP contribution is -2.24. The number of para-hydroxylation sites is 1. The van der Waals surface area contributed by atoms with E-state index in [2.05, 4.69) is 15.0 Å². The van der Waals surface area contributed by atoms with Gasteiger partial charge >= 0.3 is 6.61 Å². The summed E-state index contributed by atoms with van der Waals surface area (Å²) in [5.74, 6) is 0.203. The largest absolute Gasteiger partial charge is 0.434 e. The number of nitrogens with zero attached hydrogens (tertiary/aromatic N) is 1. The van der Waals surface area contributed by atoms with E-state index < -0.39 is 6.61 Å². The molecule has 0 saturated heterocycles. The van der Waals surface area contributed by atoms with E-state index >= 15 is 0 Å². The average Bonchev–Trinajstić information content (AvgIpc) is 2.48. The molecule has 0 aliphatic carbocycles. The fourth-order valence-electron chi connectivity index (χ4n) is 2.24. The molecule has 2 rings (SSSR count). The van der Waals surface area contributed by atoms with Gasteiger partial charge in [0.25, 0.3) is 0 Å². The Morgan fingerprint density at radius 3 is 2.57 bits per heavy atom. The summed E-state index contributed by atoms with van der Waals surface area (Å²) >= 11 is 0. The number of hydrogen-bond acceptors (Lipinski definition) is 3. The van der Waals surface area contributed by atoms with E-state index in [9.17, 15) is 8.78 Å². The average molecular weight is 292 g/mol. The molecule has 1 unspecified atom stereocenters. The van der Waals surface area contributed by atoms with Crippen LogP contribution in [0.2, 0.25) is 0 Å². The van der Waals surface area contributed by atoms with Gasteiger partial charge in [-0.3, -0.25) is 4.98 Å². The first-order valence-electron chi connectivity index (χ1n) is 6.87. The predicted molar refractivity (Wildman–Crippen MR) is 77.4 cm³/mol. The van der Waals surface area contributed by atoms with Crippen LogP contribution in [0.1, 0.15) is 24.2 Å². The van der Waals surface area contributed by atoms with Crippen molar-refractivity contribution >= 4 is 0 Å². The van der Waals surface area contributed by atoms with Crippen LogP contribution in [0.5, 0.6) is 5.75 Å². The van der Waals surface area contributed by atoms with Crippen LogP contribution in [0.4, 0.5) is 8.78 Å². The molecule has 0 saturated carbocycles.